The van der Waals surface area contributed by atoms with E-state index in [1.807, 2.05) is 11.0 Å². The van der Waals surface area contributed by atoms with Crippen molar-refractivity contribution in [2.24, 2.45) is 0 Å². The lowest BCUT2D eigenvalue weighted by Crippen LogP contribution is -2.43. The van der Waals surface area contributed by atoms with E-state index in [1.54, 1.807) is 0 Å². The first-order valence-corrected chi connectivity index (χ1v) is 8.71. The Balaban J connectivity index is 1.51. The maximum absolute atomic E-state index is 12.5. The fraction of sp³-hybridized carbons (Fsp3) is 0.632. The number of benzene rings is 1. The summed E-state index contributed by atoms with van der Waals surface area (Å²) in [6, 6.07) is 10.6. The lowest BCUT2D eigenvalue weighted by atomic mass is 9.82. The van der Waals surface area contributed by atoms with Gasteiger partial charge in [-0.1, -0.05) is 49.6 Å². The summed E-state index contributed by atoms with van der Waals surface area (Å²) in [5, 5.41) is 10.6. The fourth-order valence-corrected chi connectivity index (χ4v) is 3.97. The molecular formula is C19H27NO2. The summed E-state index contributed by atoms with van der Waals surface area (Å²) in [6.07, 6.45) is 7.28. The average molecular weight is 301 g/mol. The van der Waals surface area contributed by atoms with E-state index in [4.69, 9.17) is 0 Å². The van der Waals surface area contributed by atoms with Crippen molar-refractivity contribution in [1.82, 2.24) is 4.90 Å². The van der Waals surface area contributed by atoms with Crippen LogP contribution >= 0.6 is 0 Å². The highest BCUT2D eigenvalue weighted by molar-refractivity contribution is 5.77. The van der Waals surface area contributed by atoms with Crippen LogP contribution in [0.3, 0.4) is 0 Å². The second-order valence-electron chi connectivity index (χ2n) is 7.03. The Kier molecular flexibility index (Phi) is 4.82. The van der Waals surface area contributed by atoms with Gasteiger partial charge in [0.25, 0.3) is 0 Å². The molecule has 0 radical (unpaired) electrons. The summed E-state index contributed by atoms with van der Waals surface area (Å²) in [5.74, 6) is 0.721. The van der Waals surface area contributed by atoms with E-state index in [9.17, 15) is 9.90 Å². The fourth-order valence-electron chi connectivity index (χ4n) is 3.97. The number of hydrogen-bond acceptors (Lipinski definition) is 2. The molecule has 0 atom stereocenters. The van der Waals surface area contributed by atoms with Gasteiger partial charge < -0.3 is 10.0 Å². The molecule has 1 amide bonds. The number of nitrogens with zero attached hydrogens (tertiary/aromatic N) is 1. The van der Waals surface area contributed by atoms with Gasteiger partial charge in [0.05, 0.1) is 12.0 Å². The van der Waals surface area contributed by atoms with Crippen LogP contribution in [0.15, 0.2) is 30.3 Å². The van der Waals surface area contributed by atoms with Gasteiger partial charge in [0, 0.05) is 13.1 Å². The van der Waals surface area contributed by atoms with Crippen LogP contribution in [0.25, 0.3) is 0 Å². The molecule has 0 bridgehead atoms. The molecule has 1 heterocycles. The smallest absolute Gasteiger partial charge is 0.225 e. The van der Waals surface area contributed by atoms with Crippen LogP contribution in [0.4, 0.5) is 0 Å². The molecule has 2 fully saturated rings. The Hall–Kier alpha value is -1.35. The third-order valence-corrected chi connectivity index (χ3v) is 5.38. The highest BCUT2D eigenvalue weighted by Gasteiger charge is 2.34. The van der Waals surface area contributed by atoms with Crippen molar-refractivity contribution in [2.45, 2.75) is 62.9 Å². The summed E-state index contributed by atoms with van der Waals surface area (Å²) in [6.45, 7) is 1.66. The summed E-state index contributed by atoms with van der Waals surface area (Å²) in [7, 11) is 0. The normalized spacial score (nSPS) is 22.5. The van der Waals surface area contributed by atoms with Gasteiger partial charge in [0.1, 0.15) is 0 Å². The lowest BCUT2D eigenvalue weighted by molar-refractivity contribution is -0.138. The molecule has 1 aromatic carbocycles. The van der Waals surface area contributed by atoms with Gasteiger partial charge in [0.15, 0.2) is 0 Å². The molecule has 1 saturated heterocycles. The van der Waals surface area contributed by atoms with Crippen molar-refractivity contribution in [3.8, 4) is 0 Å². The van der Waals surface area contributed by atoms with Crippen molar-refractivity contribution in [3.05, 3.63) is 35.9 Å². The molecule has 1 N–H and O–H groups in total. The minimum atomic E-state index is -0.731. The number of hydrogen-bond donors (Lipinski definition) is 1. The number of likely N-dealkylation sites (tertiary alicyclic amines) is 1. The van der Waals surface area contributed by atoms with E-state index in [-0.39, 0.29) is 5.91 Å². The predicted octanol–water partition coefficient (Wildman–Crippen LogP) is 3.48. The minimum absolute atomic E-state index is 0.149. The number of carbonyl (C=O) groups is 1. The largest absolute Gasteiger partial charge is 0.389 e. The van der Waals surface area contributed by atoms with Gasteiger partial charge in [-0.15, -0.1) is 0 Å². The maximum Gasteiger partial charge on any atom is 0.225 e. The predicted molar refractivity (Wildman–Crippen MR) is 87.6 cm³/mol. The molecule has 22 heavy (non-hydrogen) atoms. The number of piperidine rings is 1. The third kappa shape index (κ3) is 3.70. The highest BCUT2D eigenvalue weighted by Crippen LogP contribution is 2.33. The van der Waals surface area contributed by atoms with E-state index in [0.717, 1.165) is 51.6 Å². The van der Waals surface area contributed by atoms with Crippen molar-refractivity contribution >= 4 is 5.91 Å². The maximum atomic E-state index is 12.5. The quantitative estimate of drug-likeness (QED) is 0.928. The summed E-state index contributed by atoms with van der Waals surface area (Å²) in [4.78, 5) is 14.4. The van der Waals surface area contributed by atoms with Crippen LogP contribution < -0.4 is 0 Å². The van der Waals surface area contributed by atoms with Gasteiger partial charge in [-0.2, -0.15) is 0 Å². The Morgan fingerprint density at radius 3 is 2.36 bits per heavy atom. The number of carbonyl (C=O) groups excluding carboxylic acids is 1. The summed E-state index contributed by atoms with van der Waals surface area (Å²) >= 11 is 0. The topological polar surface area (TPSA) is 40.5 Å². The van der Waals surface area contributed by atoms with Gasteiger partial charge >= 0.3 is 0 Å². The first-order chi connectivity index (χ1) is 10.7. The Morgan fingerprint density at radius 1 is 1.09 bits per heavy atom. The van der Waals surface area contributed by atoms with Crippen LogP contribution in [0.5, 0.6) is 0 Å². The van der Waals surface area contributed by atoms with Gasteiger partial charge in [0.2, 0.25) is 5.91 Å². The second-order valence-corrected chi connectivity index (χ2v) is 7.03. The first-order valence-electron chi connectivity index (χ1n) is 8.71. The van der Waals surface area contributed by atoms with Crippen molar-refractivity contribution < 1.29 is 9.90 Å². The van der Waals surface area contributed by atoms with E-state index < -0.39 is 5.60 Å². The summed E-state index contributed by atoms with van der Waals surface area (Å²) < 4.78 is 0. The molecule has 1 saturated carbocycles. The van der Waals surface area contributed by atoms with E-state index in [0.29, 0.717) is 12.3 Å². The average Bonchev–Trinajstić information content (AvgIpc) is 2.56. The monoisotopic (exact) mass is 301 g/mol. The van der Waals surface area contributed by atoms with Crippen LogP contribution in [0.1, 0.15) is 62.8 Å². The zero-order valence-electron chi connectivity index (χ0n) is 13.3. The van der Waals surface area contributed by atoms with Crippen LogP contribution in [-0.4, -0.2) is 34.6 Å². The van der Waals surface area contributed by atoms with Crippen LogP contribution in [0, 0.1) is 0 Å². The zero-order valence-corrected chi connectivity index (χ0v) is 13.3. The van der Waals surface area contributed by atoms with E-state index in [1.165, 1.54) is 12.0 Å². The third-order valence-electron chi connectivity index (χ3n) is 5.38. The first kappa shape index (κ1) is 15.5. The number of amides is 1. The van der Waals surface area contributed by atoms with Crippen LogP contribution in [-0.2, 0) is 4.79 Å². The van der Waals surface area contributed by atoms with Gasteiger partial charge in [-0.05, 0) is 37.2 Å². The standard InChI is InChI=1S/C19H27NO2/c21-18(15-19(22)11-5-2-6-12-19)20-13-9-17(10-14-20)16-7-3-1-4-8-16/h1,3-4,7-8,17,22H,2,5-6,9-15H2. The Bertz CT molecular complexity index is 485. The highest BCUT2D eigenvalue weighted by atomic mass is 16.3. The molecule has 1 aliphatic carbocycles. The summed E-state index contributed by atoms with van der Waals surface area (Å²) in [5.41, 5.74) is 0.659. The molecule has 0 unspecified atom stereocenters. The molecule has 3 rings (SSSR count). The molecule has 1 aliphatic heterocycles. The minimum Gasteiger partial charge on any atom is -0.389 e. The molecule has 1 aromatic rings. The van der Waals surface area contributed by atoms with E-state index in [2.05, 4.69) is 24.3 Å². The molecule has 0 spiro atoms. The second kappa shape index (κ2) is 6.82. The molecule has 120 valence electrons. The lowest BCUT2D eigenvalue weighted by Gasteiger charge is -2.36. The molecule has 2 aliphatic rings. The molecule has 0 aromatic heterocycles. The Morgan fingerprint density at radius 2 is 1.73 bits per heavy atom. The SMILES string of the molecule is O=C(CC1(O)CCCCC1)N1CCC(c2ccccc2)CC1. The van der Waals surface area contributed by atoms with Crippen molar-refractivity contribution in [3.63, 3.8) is 0 Å². The molecule has 3 heteroatoms. The van der Waals surface area contributed by atoms with Gasteiger partial charge in [-0.25, -0.2) is 0 Å². The molecular weight excluding hydrogens is 274 g/mol. The van der Waals surface area contributed by atoms with Crippen LogP contribution in [0.2, 0.25) is 0 Å². The van der Waals surface area contributed by atoms with Crippen molar-refractivity contribution in [1.29, 1.82) is 0 Å². The number of rotatable bonds is 3. The van der Waals surface area contributed by atoms with Crippen molar-refractivity contribution in [2.75, 3.05) is 13.1 Å². The Labute approximate surface area is 133 Å². The van der Waals surface area contributed by atoms with E-state index >= 15 is 0 Å². The van der Waals surface area contributed by atoms with Gasteiger partial charge in [-0.3, -0.25) is 4.79 Å². The zero-order chi connectivity index (χ0) is 15.4. The molecule has 3 nitrogen and oxygen atoms in total. The number of aliphatic hydroxyl groups is 1.